The SMILES string of the molecule is O=C(Cc1cccs1)NCC1(O)CCc2ccccc21. The van der Waals surface area contributed by atoms with Crippen molar-refractivity contribution in [2.24, 2.45) is 0 Å². The molecule has 1 aliphatic rings. The second kappa shape index (κ2) is 5.38. The number of hydrogen-bond donors (Lipinski definition) is 2. The number of hydrogen-bond acceptors (Lipinski definition) is 3. The maximum Gasteiger partial charge on any atom is 0.225 e. The third-order valence-electron chi connectivity index (χ3n) is 3.82. The second-order valence-corrected chi connectivity index (χ2v) is 6.25. The Morgan fingerprint density at radius 3 is 2.95 bits per heavy atom. The van der Waals surface area contributed by atoms with Crippen LogP contribution in [0.2, 0.25) is 0 Å². The van der Waals surface area contributed by atoms with Crippen LogP contribution in [0.5, 0.6) is 0 Å². The highest BCUT2D eigenvalue weighted by atomic mass is 32.1. The van der Waals surface area contributed by atoms with Crippen molar-refractivity contribution in [2.75, 3.05) is 6.54 Å². The van der Waals surface area contributed by atoms with E-state index in [4.69, 9.17) is 0 Å². The molecule has 3 rings (SSSR count). The zero-order chi connectivity index (χ0) is 14.0. The minimum Gasteiger partial charge on any atom is -0.383 e. The standard InChI is InChI=1S/C16H17NO2S/c18-15(10-13-5-3-9-20-13)17-11-16(19)8-7-12-4-1-2-6-14(12)16/h1-6,9,19H,7-8,10-11H2,(H,17,18). The average molecular weight is 287 g/mol. The molecule has 104 valence electrons. The maximum atomic E-state index is 11.9. The Kier molecular flexibility index (Phi) is 3.59. The predicted octanol–water partition coefficient (Wildman–Crippen LogP) is 2.24. The third-order valence-corrected chi connectivity index (χ3v) is 4.70. The number of rotatable bonds is 4. The zero-order valence-electron chi connectivity index (χ0n) is 11.1. The molecule has 1 heterocycles. The van der Waals surface area contributed by atoms with Gasteiger partial charge in [-0.1, -0.05) is 30.3 Å². The summed E-state index contributed by atoms with van der Waals surface area (Å²) >= 11 is 1.57. The number of aliphatic hydroxyl groups is 1. The van der Waals surface area contributed by atoms with Gasteiger partial charge < -0.3 is 10.4 Å². The van der Waals surface area contributed by atoms with Crippen molar-refractivity contribution >= 4 is 17.2 Å². The summed E-state index contributed by atoms with van der Waals surface area (Å²) in [5, 5.41) is 15.5. The fourth-order valence-corrected chi connectivity index (χ4v) is 3.43. The highest BCUT2D eigenvalue weighted by Gasteiger charge is 2.36. The van der Waals surface area contributed by atoms with Gasteiger partial charge >= 0.3 is 0 Å². The summed E-state index contributed by atoms with van der Waals surface area (Å²) in [4.78, 5) is 12.9. The van der Waals surface area contributed by atoms with Gasteiger partial charge in [-0.2, -0.15) is 0 Å². The summed E-state index contributed by atoms with van der Waals surface area (Å²) < 4.78 is 0. The van der Waals surface area contributed by atoms with E-state index in [1.54, 1.807) is 11.3 Å². The van der Waals surface area contributed by atoms with E-state index in [1.165, 1.54) is 5.56 Å². The molecule has 0 fully saturated rings. The number of benzene rings is 1. The number of nitrogens with one attached hydrogen (secondary N) is 1. The van der Waals surface area contributed by atoms with Crippen LogP contribution in [0.1, 0.15) is 22.4 Å². The fraction of sp³-hybridized carbons (Fsp3) is 0.312. The molecule has 4 heteroatoms. The van der Waals surface area contributed by atoms with Crippen molar-refractivity contribution in [1.29, 1.82) is 0 Å². The Bertz CT molecular complexity index is 609. The molecule has 1 unspecified atom stereocenters. The molecule has 2 N–H and O–H groups in total. The Balaban J connectivity index is 1.62. The lowest BCUT2D eigenvalue weighted by atomic mass is 9.96. The van der Waals surface area contributed by atoms with Crippen LogP contribution in [0.15, 0.2) is 41.8 Å². The Labute approximate surface area is 122 Å². The van der Waals surface area contributed by atoms with Crippen molar-refractivity contribution in [3.8, 4) is 0 Å². The minimum absolute atomic E-state index is 0.0368. The van der Waals surface area contributed by atoms with Crippen LogP contribution < -0.4 is 5.32 Å². The van der Waals surface area contributed by atoms with E-state index in [0.29, 0.717) is 12.8 Å². The summed E-state index contributed by atoms with van der Waals surface area (Å²) in [6.45, 7) is 0.286. The van der Waals surface area contributed by atoms with Gasteiger partial charge in [-0.25, -0.2) is 0 Å². The van der Waals surface area contributed by atoms with Gasteiger partial charge in [-0.15, -0.1) is 11.3 Å². The Morgan fingerprint density at radius 2 is 2.15 bits per heavy atom. The van der Waals surface area contributed by atoms with Crippen LogP contribution in [0.4, 0.5) is 0 Å². The van der Waals surface area contributed by atoms with Gasteiger partial charge in [0.05, 0.1) is 13.0 Å². The van der Waals surface area contributed by atoms with Crippen LogP contribution in [0.3, 0.4) is 0 Å². The first kappa shape index (κ1) is 13.3. The van der Waals surface area contributed by atoms with E-state index in [1.807, 2.05) is 41.8 Å². The van der Waals surface area contributed by atoms with Gasteiger partial charge in [0.15, 0.2) is 0 Å². The molecule has 3 nitrogen and oxygen atoms in total. The monoisotopic (exact) mass is 287 g/mol. The summed E-state index contributed by atoms with van der Waals surface area (Å²) in [5.41, 5.74) is 1.22. The number of thiophene rings is 1. The van der Waals surface area contributed by atoms with Crippen molar-refractivity contribution in [1.82, 2.24) is 5.32 Å². The van der Waals surface area contributed by atoms with Gasteiger partial charge in [-0.3, -0.25) is 4.79 Å². The normalized spacial score (nSPS) is 20.6. The van der Waals surface area contributed by atoms with Gasteiger partial charge in [0.25, 0.3) is 0 Å². The third kappa shape index (κ3) is 2.62. The van der Waals surface area contributed by atoms with Crippen molar-refractivity contribution < 1.29 is 9.90 Å². The minimum atomic E-state index is -0.915. The number of aryl methyl sites for hydroxylation is 1. The molecule has 0 bridgehead atoms. The van der Waals surface area contributed by atoms with Crippen LogP contribution in [0.25, 0.3) is 0 Å². The van der Waals surface area contributed by atoms with Crippen molar-refractivity contribution in [2.45, 2.75) is 24.9 Å². The topological polar surface area (TPSA) is 49.3 Å². The van der Waals surface area contributed by atoms with Crippen LogP contribution in [-0.2, 0) is 23.2 Å². The molecule has 2 aromatic rings. The lowest BCUT2D eigenvalue weighted by Gasteiger charge is -2.24. The molecular formula is C16H17NO2S. The van der Waals surface area contributed by atoms with E-state index in [9.17, 15) is 9.90 Å². The molecule has 0 aliphatic heterocycles. The van der Waals surface area contributed by atoms with E-state index >= 15 is 0 Å². The molecule has 1 aliphatic carbocycles. The molecule has 0 radical (unpaired) electrons. The van der Waals surface area contributed by atoms with E-state index in [2.05, 4.69) is 5.32 Å². The molecule has 1 aromatic heterocycles. The molecular weight excluding hydrogens is 270 g/mol. The summed E-state index contributed by atoms with van der Waals surface area (Å²) in [6, 6.07) is 11.8. The highest BCUT2D eigenvalue weighted by Crippen LogP contribution is 2.36. The van der Waals surface area contributed by atoms with E-state index in [-0.39, 0.29) is 12.5 Å². The molecule has 20 heavy (non-hydrogen) atoms. The van der Waals surface area contributed by atoms with Crippen molar-refractivity contribution in [3.05, 3.63) is 57.8 Å². The largest absolute Gasteiger partial charge is 0.383 e. The average Bonchev–Trinajstić information content (AvgIpc) is 3.07. The van der Waals surface area contributed by atoms with E-state index < -0.39 is 5.60 Å². The summed E-state index contributed by atoms with van der Waals surface area (Å²) in [7, 11) is 0. The molecule has 0 saturated heterocycles. The summed E-state index contributed by atoms with van der Waals surface area (Å²) in [5.74, 6) is -0.0368. The quantitative estimate of drug-likeness (QED) is 0.906. The maximum absolute atomic E-state index is 11.9. The predicted molar refractivity (Wildman–Crippen MR) is 79.7 cm³/mol. The number of fused-ring (bicyclic) bond motifs is 1. The first-order chi connectivity index (χ1) is 9.67. The van der Waals surface area contributed by atoms with Gasteiger partial charge in [0.1, 0.15) is 5.60 Å². The molecule has 0 saturated carbocycles. The summed E-state index contributed by atoms with van der Waals surface area (Å²) in [6.07, 6.45) is 1.93. The molecule has 1 atom stereocenters. The smallest absolute Gasteiger partial charge is 0.225 e. The molecule has 1 aromatic carbocycles. The second-order valence-electron chi connectivity index (χ2n) is 5.22. The van der Waals surface area contributed by atoms with Crippen LogP contribution in [0, 0.1) is 0 Å². The first-order valence-electron chi connectivity index (χ1n) is 6.77. The van der Waals surface area contributed by atoms with Gasteiger partial charge in [-0.05, 0) is 35.4 Å². The molecule has 0 spiro atoms. The Morgan fingerprint density at radius 1 is 1.30 bits per heavy atom. The Hall–Kier alpha value is -1.65. The first-order valence-corrected chi connectivity index (χ1v) is 7.65. The number of amides is 1. The lowest BCUT2D eigenvalue weighted by molar-refractivity contribution is -0.121. The lowest BCUT2D eigenvalue weighted by Crippen LogP contribution is -2.39. The highest BCUT2D eigenvalue weighted by molar-refractivity contribution is 7.10. The zero-order valence-corrected chi connectivity index (χ0v) is 12.0. The van der Waals surface area contributed by atoms with Crippen molar-refractivity contribution in [3.63, 3.8) is 0 Å². The number of carbonyl (C=O) groups excluding carboxylic acids is 1. The number of carbonyl (C=O) groups is 1. The fourth-order valence-electron chi connectivity index (χ4n) is 2.73. The van der Waals surface area contributed by atoms with Crippen LogP contribution >= 0.6 is 11.3 Å². The van der Waals surface area contributed by atoms with Gasteiger partial charge in [0.2, 0.25) is 5.91 Å². The molecule has 1 amide bonds. The van der Waals surface area contributed by atoms with E-state index in [0.717, 1.165) is 16.9 Å². The van der Waals surface area contributed by atoms with Gasteiger partial charge in [0, 0.05) is 4.88 Å². The van der Waals surface area contributed by atoms with Crippen LogP contribution in [-0.4, -0.2) is 17.6 Å².